The molecule has 0 spiro atoms. The summed E-state index contributed by atoms with van der Waals surface area (Å²) in [6.07, 6.45) is -7.25. The Morgan fingerprint density at radius 2 is 1.59 bits per heavy atom. The van der Waals surface area contributed by atoms with Crippen LogP contribution in [0.15, 0.2) is 0 Å². The highest BCUT2D eigenvalue weighted by Gasteiger charge is 2.66. The molecule has 0 aliphatic carbocycles. The molecule has 10 heteroatoms. The number of hydrogen-bond acceptors (Lipinski definition) is 3. The number of halogens is 7. The van der Waals surface area contributed by atoms with Crippen molar-refractivity contribution in [1.29, 1.82) is 0 Å². The van der Waals surface area contributed by atoms with Crippen molar-refractivity contribution in [3.8, 4) is 0 Å². The highest BCUT2D eigenvalue weighted by Crippen LogP contribution is 2.43. The van der Waals surface area contributed by atoms with Gasteiger partial charge in [0, 0.05) is 13.2 Å². The van der Waals surface area contributed by atoms with E-state index in [1.54, 1.807) is 0 Å². The van der Waals surface area contributed by atoms with E-state index in [1.807, 2.05) is 0 Å². The minimum atomic E-state index is -5.55. The summed E-state index contributed by atoms with van der Waals surface area (Å²) in [5, 5.41) is 0. The van der Waals surface area contributed by atoms with Crippen LogP contribution in [0.4, 0.5) is 30.7 Å². The Morgan fingerprint density at radius 1 is 1.05 bits per heavy atom. The molecule has 22 heavy (non-hydrogen) atoms. The van der Waals surface area contributed by atoms with Crippen molar-refractivity contribution in [2.75, 3.05) is 19.8 Å². The fraction of sp³-hybridized carbons (Fsp3) is 0.917. The molecule has 0 amide bonds. The maximum Gasteiger partial charge on any atom is 0.404 e. The Hall–Kier alpha value is -1.06. The predicted molar refractivity (Wildman–Crippen MR) is 59.7 cm³/mol. The summed E-state index contributed by atoms with van der Waals surface area (Å²) in [7, 11) is 0. The van der Waals surface area contributed by atoms with E-state index < -0.39 is 37.0 Å². The molecule has 0 N–H and O–H groups in total. The zero-order valence-electron chi connectivity index (χ0n) is 11.4. The summed E-state index contributed by atoms with van der Waals surface area (Å²) in [6.45, 7) is 0.359. The molecular formula is C12H15F7O3. The molecule has 0 aromatic heterocycles. The number of esters is 1. The van der Waals surface area contributed by atoms with E-state index in [0.29, 0.717) is 26.1 Å². The minimum absolute atomic E-state index is 0.0332. The Balaban J connectivity index is 2.50. The monoisotopic (exact) mass is 340 g/mol. The van der Waals surface area contributed by atoms with Crippen LogP contribution in [0.5, 0.6) is 0 Å². The van der Waals surface area contributed by atoms with E-state index in [1.165, 1.54) is 0 Å². The zero-order chi connectivity index (χ0) is 17.0. The molecule has 0 aromatic rings. The number of alkyl halides is 7. The van der Waals surface area contributed by atoms with Gasteiger partial charge in [0.1, 0.15) is 6.42 Å². The first-order valence-corrected chi connectivity index (χ1v) is 6.53. The molecule has 0 atom stereocenters. The summed E-state index contributed by atoms with van der Waals surface area (Å²) in [5.41, 5.74) is 0. The van der Waals surface area contributed by atoms with Crippen molar-refractivity contribution in [2.45, 2.75) is 43.7 Å². The quantitative estimate of drug-likeness (QED) is 0.548. The van der Waals surface area contributed by atoms with E-state index in [9.17, 15) is 35.5 Å². The van der Waals surface area contributed by atoms with Crippen LogP contribution in [0.25, 0.3) is 0 Å². The van der Waals surface area contributed by atoms with Crippen LogP contribution < -0.4 is 0 Å². The van der Waals surface area contributed by atoms with Crippen LogP contribution >= 0.6 is 0 Å². The van der Waals surface area contributed by atoms with Gasteiger partial charge in [0.15, 0.2) is 0 Å². The van der Waals surface area contributed by atoms with Crippen LogP contribution in [-0.2, 0) is 14.3 Å². The lowest BCUT2D eigenvalue weighted by Crippen LogP contribution is -2.50. The third-order valence-electron chi connectivity index (χ3n) is 3.24. The summed E-state index contributed by atoms with van der Waals surface area (Å²) in [5.74, 6) is -13.7. The molecule has 1 heterocycles. The van der Waals surface area contributed by atoms with Gasteiger partial charge in [-0.1, -0.05) is 0 Å². The van der Waals surface area contributed by atoms with Crippen molar-refractivity contribution in [3.05, 3.63) is 0 Å². The number of rotatable bonds is 6. The predicted octanol–water partition coefficient (Wildman–Crippen LogP) is 3.57. The van der Waals surface area contributed by atoms with Gasteiger partial charge in [-0.25, -0.2) is 4.79 Å². The van der Waals surface area contributed by atoms with Crippen molar-refractivity contribution in [1.82, 2.24) is 0 Å². The summed E-state index contributed by atoms with van der Waals surface area (Å²) in [4.78, 5) is 11.0. The molecule has 1 saturated heterocycles. The highest BCUT2D eigenvalue weighted by molar-refractivity contribution is 5.78. The van der Waals surface area contributed by atoms with Gasteiger partial charge in [0.25, 0.3) is 0 Å². The van der Waals surface area contributed by atoms with Crippen LogP contribution in [0.1, 0.15) is 25.7 Å². The molecule has 1 fully saturated rings. The highest BCUT2D eigenvalue weighted by atomic mass is 19.4. The number of carbonyl (C=O) groups excluding carboxylic acids is 1. The number of carbonyl (C=O) groups is 1. The standard InChI is InChI=1S/C12H15F7O3/c13-10(14,7-11(15,16)17)12(18,19)9(20)22-6-3-8-1-4-21-5-2-8/h8H,1-7H2. The molecular weight excluding hydrogens is 325 g/mol. The second-order valence-corrected chi connectivity index (χ2v) is 5.05. The average molecular weight is 340 g/mol. The van der Waals surface area contributed by atoms with Gasteiger partial charge in [-0.2, -0.15) is 30.7 Å². The van der Waals surface area contributed by atoms with Crippen LogP contribution in [-0.4, -0.2) is 43.8 Å². The maximum absolute atomic E-state index is 13.1. The molecule has 0 radical (unpaired) electrons. The first kappa shape index (κ1) is 19.0. The average Bonchev–Trinajstić information content (AvgIpc) is 2.36. The number of hydrogen-bond donors (Lipinski definition) is 0. The molecule has 1 aliphatic heterocycles. The van der Waals surface area contributed by atoms with Gasteiger partial charge in [0.05, 0.1) is 6.61 Å². The Labute approximate surface area is 121 Å². The van der Waals surface area contributed by atoms with Gasteiger partial charge in [-0.3, -0.25) is 0 Å². The third kappa shape index (κ3) is 5.29. The van der Waals surface area contributed by atoms with E-state index in [4.69, 9.17) is 4.74 Å². The molecule has 0 bridgehead atoms. The molecule has 0 saturated carbocycles. The summed E-state index contributed by atoms with van der Waals surface area (Å²) < 4.78 is 96.8. The second-order valence-electron chi connectivity index (χ2n) is 5.05. The van der Waals surface area contributed by atoms with Crippen LogP contribution in [0.2, 0.25) is 0 Å². The molecule has 1 rings (SSSR count). The lowest BCUT2D eigenvalue weighted by Gasteiger charge is -2.26. The first-order valence-electron chi connectivity index (χ1n) is 6.53. The summed E-state index contributed by atoms with van der Waals surface area (Å²) in [6, 6.07) is 0. The zero-order valence-corrected chi connectivity index (χ0v) is 11.4. The van der Waals surface area contributed by atoms with Gasteiger partial charge in [-0.05, 0) is 25.2 Å². The Bertz CT molecular complexity index is 375. The second kappa shape index (κ2) is 7.01. The SMILES string of the molecule is O=C(OCCC1CCOCC1)C(F)(F)C(F)(F)CC(F)(F)F. The van der Waals surface area contributed by atoms with Gasteiger partial charge in [-0.15, -0.1) is 0 Å². The molecule has 1 aliphatic rings. The lowest BCUT2D eigenvalue weighted by molar-refractivity contribution is -0.265. The number of ether oxygens (including phenoxy) is 2. The van der Waals surface area contributed by atoms with E-state index >= 15 is 0 Å². The van der Waals surface area contributed by atoms with Gasteiger partial charge in [0.2, 0.25) is 0 Å². The van der Waals surface area contributed by atoms with Crippen molar-refractivity contribution >= 4 is 5.97 Å². The molecule has 0 unspecified atom stereocenters. The Morgan fingerprint density at radius 3 is 2.09 bits per heavy atom. The van der Waals surface area contributed by atoms with E-state index in [2.05, 4.69) is 4.74 Å². The van der Waals surface area contributed by atoms with Crippen molar-refractivity contribution in [3.63, 3.8) is 0 Å². The first-order chi connectivity index (χ1) is 9.96. The fourth-order valence-corrected chi connectivity index (χ4v) is 1.96. The minimum Gasteiger partial charge on any atom is -0.461 e. The molecule has 3 nitrogen and oxygen atoms in total. The van der Waals surface area contributed by atoms with Crippen molar-refractivity contribution < 1.29 is 45.0 Å². The topological polar surface area (TPSA) is 35.5 Å². The largest absolute Gasteiger partial charge is 0.461 e. The third-order valence-corrected chi connectivity index (χ3v) is 3.24. The lowest BCUT2D eigenvalue weighted by atomic mass is 9.97. The van der Waals surface area contributed by atoms with E-state index in [0.717, 1.165) is 0 Å². The fourth-order valence-electron chi connectivity index (χ4n) is 1.96. The smallest absolute Gasteiger partial charge is 0.404 e. The van der Waals surface area contributed by atoms with Gasteiger partial charge < -0.3 is 9.47 Å². The molecule has 130 valence electrons. The van der Waals surface area contributed by atoms with E-state index in [-0.39, 0.29) is 12.3 Å². The normalized spacial score (nSPS) is 18.3. The maximum atomic E-state index is 13.1. The van der Waals surface area contributed by atoms with Crippen LogP contribution in [0, 0.1) is 5.92 Å². The Kier molecular flexibility index (Phi) is 6.05. The van der Waals surface area contributed by atoms with Crippen molar-refractivity contribution in [2.24, 2.45) is 5.92 Å². The van der Waals surface area contributed by atoms with Gasteiger partial charge >= 0.3 is 24.0 Å². The van der Waals surface area contributed by atoms with Crippen LogP contribution in [0.3, 0.4) is 0 Å². The molecule has 0 aromatic carbocycles. The summed E-state index contributed by atoms with van der Waals surface area (Å²) >= 11 is 0.